The molecule has 110 valence electrons. The fraction of sp³-hybridized carbons (Fsp3) is 0.667. The monoisotopic (exact) mass is 273 g/mol. The van der Waals surface area contributed by atoms with Crippen molar-refractivity contribution in [3.8, 4) is 5.75 Å². The van der Waals surface area contributed by atoms with E-state index in [-0.39, 0.29) is 0 Å². The molecule has 2 heteroatoms. The van der Waals surface area contributed by atoms with Gasteiger partial charge in [0.05, 0.1) is 0 Å². The highest BCUT2D eigenvalue weighted by molar-refractivity contribution is 5.35. The molecule has 1 aromatic carbocycles. The van der Waals surface area contributed by atoms with Crippen LogP contribution in [-0.2, 0) is 6.54 Å². The SMILES string of the molecule is Cc1ccc(O)c(CN2CCC3(CCCCC3)CC2)c1. The van der Waals surface area contributed by atoms with E-state index < -0.39 is 0 Å². The number of hydrogen-bond acceptors (Lipinski definition) is 2. The summed E-state index contributed by atoms with van der Waals surface area (Å²) in [5, 5.41) is 9.98. The van der Waals surface area contributed by atoms with Crippen LogP contribution >= 0.6 is 0 Å². The van der Waals surface area contributed by atoms with Crippen molar-refractivity contribution in [3.63, 3.8) is 0 Å². The summed E-state index contributed by atoms with van der Waals surface area (Å²) >= 11 is 0. The molecule has 1 saturated heterocycles. The molecular formula is C18H27NO. The number of aryl methyl sites for hydroxylation is 1. The molecule has 0 radical (unpaired) electrons. The highest BCUT2D eigenvalue weighted by atomic mass is 16.3. The quantitative estimate of drug-likeness (QED) is 0.871. The Kier molecular flexibility index (Phi) is 4.02. The predicted octanol–water partition coefficient (Wildman–Crippen LogP) is 4.25. The summed E-state index contributed by atoms with van der Waals surface area (Å²) in [4.78, 5) is 2.52. The Morgan fingerprint density at radius 2 is 1.75 bits per heavy atom. The van der Waals surface area contributed by atoms with Gasteiger partial charge in [-0.05, 0) is 57.2 Å². The summed E-state index contributed by atoms with van der Waals surface area (Å²) in [7, 11) is 0. The van der Waals surface area contributed by atoms with Crippen molar-refractivity contribution in [1.29, 1.82) is 0 Å². The molecule has 1 spiro atoms. The van der Waals surface area contributed by atoms with E-state index in [1.54, 1.807) is 0 Å². The molecule has 1 N–H and O–H groups in total. The second kappa shape index (κ2) is 5.77. The van der Waals surface area contributed by atoms with E-state index in [0.717, 1.165) is 12.1 Å². The molecule has 1 aliphatic carbocycles. The summed E-state index contributed by atoms with van der Waals surface area (Å²) < 4.78 is 0. The van der Waals surface area contributed by atoms with Gasteiger partial charge in [-0.1, -0.05) is 37.0 Å². The van der Waals surface area contributed by atoms with Gasteiger partial charge in [0, 0.05) is 12.1 Å². The van der Waals surface area contributed by atoms with E-state index >= 15 is 0 Å². The van der Waals surface area contributed by atoms with Crippen LogP contribution in [0.4, 0.5) is 0 Å². The maximum absolute atomic E-state index is 9.98. The van der Waals surface area contributed by atoms with Gasteiger partial charge in [0.2, 0.25) is 0 Å². The molecule has 0 amide bonds. The van der Waals surface area contributed by atoms with E-state index in [0.29, 0.717) is 11.2 Å². The van der Waals surface area contributed by atoms with Crippen molar-refractivity contribution in [1.82, 2.24) is 4.90 Å². The minimum Gasteiger partial charge on any atom is -0.508 e. The Morgan fingerprint density at radius 1 is 1.05 bits per heavy atom. The molecule has 2 nitrogen and oxygen atoms in total. The zero-order chi connectivity index (χ0) is 14.0. The normalized spacial score (nSPS) is 23.1. The summed E-state index contributed by atoms with van der Waals surface area (Å²) in [5.74, 6) is 0.452. The minimum absolute atomic E-state index is 0.452. The molecule has 1 aliphatic heterocycles. The third kappa shape index (κ3) is 3.01. The average molecular weight is 273 g/mol. The van der Waals surface area contributed by atoms with Crippen molar-refractivity contribution in [2.75, 3.05) is 13.1 Å². The first kappa shape index (κ1) is 13.9. The van der Waals surface area contributed by atoms with E-state index in [1.165, 1.54) is 63.6 Å². The predicted molar refractivity (Wildman–Crippen MR) is 82.9 cm³/mol. The van der Waals surface area contributed by atoms with Crippen molar-refractivity contribution in [2.45, 2.75) is 58.4 Å². The Morgan fingerprint density at radius 3 is 2.45 bits per heavy atom. The lowest BCUT2D eigenvalue weighted by molar-refractivity contribution is 0.0638. The van der Waals surface area contributed by atoms with Gasteiger partial charge in [0.1, 0.15) is 5.75 Å². The van der Waals surface area contributed by atoms with Crippen molar-refractivity contribution in [3.05, 3.63) is 29.3 Å². The number of likely N-dealkylation sites (tertiary alicyclic amines) is 1. The number of aromatic hydroxyl groups is 1. The average Bonchev–Trinajstić information content (AvgIpc) is 2.47. The highest BCUT2D eigenvalue weighted by Gasteiger charge is 2.35. The summed E-state index contributed by atoms with van der Waals surface area (Å²) in [6.45, 7) is 5.40. The van der Waals surface area contributed by atoms with E-state index in [2.05, 4.69) is 17.9 Å². The zero-order valence-corrected chi connectivity index (χ0v) is 12.7. The summed E-state index contributed by atoms with van der Waals surface area (Å²) in [6.07, 6.45) is 9.96. The van der Waals surface area contributed by atoms with Gasteiger partial charge in [-0.15, -0.1) is 0 Å². The standard InChI is InChI=1S/C18H27NO/c1-15-5-6-17(20)16(13-15)14-19-11-9-18(10-12-19)7-3-2-4-8-18/h5-6,13,20H,2-4,7-12,14H2,1H3. The summed E-state index contributed by atoms with van der Waals surface area (Å²) in [6, 6.07) is 5.93. The van der Waals surface area contributed by atoms with Gasteiger partial charge >= 0.3 is 0 Å². The molecular weight excluding hydrogens is 246 g/mol. The van der Waals surface area contributed by atoms with Crippen LogP contribution in [0, 0.1) is 12.3 Å². The largest absolute Gasteiger partial charge is 0.508 e. The number of piperidine rings is 1. The van der Waals surface area contributed by atoms with Gasteiger partial charge in [-0.25, -0.2) is 0 Å². The lowest BCUT2D eigenvalue weighted by Gasteiger charge is -2.44. The Labute approximate surface area is 122 Å². The number of hydrogen-bond donors (Lipinski definition) is 1. The third-order valence-corrected chi connectivity index (χ3v) is 5.46. The van der Waals surface area contributed by atoms with Gasteiger partial charge in [-0.3, -0.25) is 4.90 Å². The third-order valence-electron chi connectivity index (χ3n) is 5.46. The molecule has 0 aromatic heterocycles. The molecule has 1 aromatic rings. The van der Waals surface area contributed by atoms with Crippen LogP contribution in [0.2, 0.25) is 0 Å². The number of phenols is 1. The maximum Gasteiger partial charge on any atom is 0.120 e. The molecule has 3 rings (SSSR count). The number of nitrogens with zero attached hydrogens (tertiary/aromatic N) is 1. The number of phenolic OH excluding ortho intramolecular Hbond substituents is 1. The maximum atomic E-state index is 9.98. The van der Waals surface area contributed by atoms with Crippen LogP contribution in [0.15, 0.2) is 18.2 Å². The molecule has 20 heavy (non-hydrogen) atoms. The van der Waals surface area contributed by atoms with Crippen molar-refractivity contribution in [2.24, 2.45) is 5.41 Å². The second-order valence-corrected chi connectivity index (χ2v) is 6.97. The minimum atomic E-state index is 0.452. The number of rotatable bonds is 2. The van der Waals surface area contributed by atoms with E-state index in [9.17, 15) is 5.11 Å². The van der Waals surface area contributed by atoms with E-state index in [4.69, 9.17) is 0 Å². The molecule has 2 aliphatic rings. The molecule has 0 atom stereocenters. The van der Waals surface area contributed by atoms with Crippen LogP contribution in [0.3, 0.4) is 0 Å². The molecule has 0 unspecified atom stereocenters. The van der Waals surface area contributed by atoms with Crippen molar-refractivity contribution < 1.29 is 5.11 Å². The fourth-order valence-corrected chi connectivity index (χ4v) is 4.07. The van der Waals surface area contributed by atoms with Crippen LogP contribution < -0.4 is 0 Å². The molecule has 1 heterocycles. The molecule has 1 saturated carbocycles. The van der Waals surface area contributed by atoms with Crippen LogP contribution in [-0.4, -0.2) is 23.1 Å². The van der Waals surface area contributed by atoms with Crippen molar-refractivity contribution >= 4 is 0 Å². The first-order valence-corrected chi connectivity index (χ1v) is 8.18. The van der Waals surface area contributed by atoms with Gasteiger partial charge < -0.3 is 5.11 Å². The number of benzene rings is 1. The smallest absolute Gasteiger partial charge is 0.120 e. The lowest BCUT2D eigenvalue weighted by Crippen LogP contribution is -2.40. The highest BCUT2D eigenvalue weighted by Crippen LogP contribution is 2.44. The first-order chi connectivity index (χ1) is 9.67. The summed E-state index contributed by atoms with van der Waals surface area (Å²) in [5.41, 5.74) is 2.99. The molecule has 0 bridgehead atoms. The Bertz CT molecular complexity index is 452. The lowest BCUT2D eigenvalue weighted by atomic mass is 9.68. The first-order valence-electron chi connectivity index (χ1n) is 8.18. The topological polar surface area (TPSA) is 23.5 Å². The van der Waals surface area contributed by atoms with Gasteiger partial charge in [-0.2, -0.15) is 0 Å². The van der Waals surface area contributed by atoms with Crippen LogP contribution in [0.1, 0.15) is 56.1 Å². The Hall–Kier alpha value is -1.02. The van der Waals surface area contributed by atoms with Gasteiger partial charge in [0.15, 0.2) is 0 Å². The fourth-order valence-electron chi connectivity index (χ4n) is 4.07. The van der Waals surface area contributed by atoms with Crippen LogP contribution in [0.25, 0.3) is 0 Å². The van der Waals surface area contributed by atoms with Crippen LogP contribution in [0.5, 0.6) is 5.75 Å². The Balaban J connectivity index is 1.59. The van der Waals surface area contributed by atoms with Gasteiger partial charge in [0.25, 0.3) is 0 Å². The zero-order valence-electron chi connectivity index (χ0n) is 12.7. The molecule has 2 fully saturated rings. The van der Waals surface area contributed by atoms with E-state index in [1.807, 2.05) is 12.1 Å². The second-order valence-electron chi connectivity index (χ2n) is 6.97.